The SMILES string of the molecule is CCCc1ccc(=O)n(Cc2c(-c3ccc(N4CCC(C(CC)C(=O)O)C4)c(CC)n3)nnn2C)c1. The molecule has 1 N–H and O–H groups in total. The van der Waals surface area contributed by atoms with Crippen LogP contribution in [-0.4, -0.2) is 48.7 Å². The van der Waals surface area contributed by atoms with Crippen molar-refractivity contribution in [1.82, 2.24) is 24.5 Å². The second-order valence-electron chi connectivity index (χ2n) is 9.63. The molecule has 3 aromatic rings. The highest BCUT2D eigenvalue weighted by Crippen LogP contribution is 2.33. The quantitative estimate of drug-likeness (QED) is 0.461. The first-order valence-electron chi connectivity index (χ1n) is 12.9. The number of rotatable bonds is 10. The lowest BCUT2D eigenvalue weighted by molar-refractivity contribution is -0.143. The molecule has 0 amide bonds. The number of nitrogens with zero attached hydrogens (tertiary/aromatic N) is 6. The molecular weight excluding hydrogens is 456 g/mol. The number of anilines is 1. The largest absolute Gasteiger partial charge is 0.481 e. The van der Waals surface area contributed by atoms with E-state index in [2.05, 4.69) is 35.1 Å². The van der Waals surface area contributed by atoms with Crippen LogP contribution in [0.3, 0.4) is 0 Å². The van der Waals surface area contributed by atoms with E-state index in [1.807, 2.05) is 32.3 Å². The first kappa shape index (κ1) is 25.6. The van der Waals surface area contributed by atoms with Crippen LogP contribution in [0.1, 0.15) is 57.0 Å². The fourth-order valence-electron chi connectivity index (χ4n) is 5.27. The smallest absolute Gasteiger partial charge is 0.306 e. The van der Waals surface area contributed by atoms with Crippen LogP contribution in [0.4, 0.5) is 5.69 Å². The fourth-order valence-corrected chi connectivity index (χ4v) is 5.27. The first-order chi connectivity index (χ1) is 17.4. The summed E-state index contributed by atoms with van der Waals surface area (Å²) in [5, 5.41) is 18.2. The van der Waals surface area contributed by atoms with Gasteiger partial charge in [0, 0.05) is 32.4 Å². The molecule has 36 heavy (non-hydrogen) atoms. The third kappa shape index (κ3) is 5.20. The average molecular weight is 493 g/mol. The van der Waals surface area contributed by atoms with Crippen molar-refractivity contribution in [1.29, 1.82) is 0 Å². The molecule has 9 heteroatoms. The van der Waals surface area contributed by atoms with Crippen LogP contribution in [0, 0.1) is 11.8 Å². The normalized spacial score (nSPS) is 16.4. The van der Waals surface area contributed by atoms with Crippen LogP contribution < -0.4 is 10.5 Å². The molecule has 4 heterocycles. The Kier molecular flexibility index (Phi) is 7.86. The predicted octanol–water partition coefficient (Wildman–Crippen LogP) is 3.54. The second kappa shape index (κ2) is 11.1. The molecule has 0 aromatic carbocycles. The molecular formula is C27H36N6O3. The molecule has 0 bridgehead atoms. The number of carboxylic acids is 1. The standard InChI is InChI=1S/C27H36N6O3/c1-5-8-18-9-12-25(34)33(15-18)17-24-26(29-30-31(24)4)22-10-11-23(21(7-3)28-22)32-14-13-19(16-32)20(6-2)27(35)36/h9-12,15,19-20H,5-8,13-14,16-17H2,1-4H3,(H,35,36). The van der Waals surface area contributed by atoms with Crippen LogP contribution in [0.5, 0.6) is 0 Å². The van der Waals surface area contributed by atoms with Crippen molar-refractivity contribution in [2.24, 2.45) is 18.9 Å². The Bertz CT molecular complexity index is 1280. The molecule has 2 atom stereocenters. The van der Waals surface area contributed by atoms with Gasteiger partial charge in [-0.3, -0.25) is 9.59 Å². The van der Waals surface area contributed by atoms with E-state index >= 15 is 0 Å². The molecule has 9 nitrogen and oxygen atoms in total. The second-order valence-corrected chi connectivity index (χ2v) is 9.63. The van der Waals surface area contributed by atoms with Gasteiger partial charge < -0.3 is 14.6 Å². The van der Waals surface area contributed by atoms with Crippen molar-refractivity contribution in [2.45, 2.75) is 59.4 Å². The van der Waals surface area contributed by atoms with Gasteiger partial charge in [-0.2, -0.15) is 0 Å². The van der Waals surface area contributed by atoms with E-state index in [1.165, 1.54) is 0 Å². The molecule has 0 spiro atoms. The number of pyridine rings is 2. The van der Waals surface area contributed by atoms with E-state index in [4.69, 9.17) is 4.98 Å². The lowest BCUT2D eigenvalue weighted by Gasteiger charge is -2.23. The van der Waals surface area contributed by atoms with Crippen molar-refractivity contribution in [2.75, 3.05) is 18.0 Å². The van der Waals surface area contributed by atoms with Gasteiger partial charge in [0.1, 0.15) is 5.69 Å². The molecule has 0 radical (unpaired) electrons. The lowest BCUT2D eigenvalue weighted by Crippen LogP contribution is -2.27. The number of aromatic nitrogens is 5. The first-order valence-corrected chi connectivity index (χ1v) is 12.9. The van der Waals surface area contributed by atoms with Crippen molar-refractivity contribution >= 4 is 11.7 Å². The van der Waals surface area contributed by atoms with Gasteiger partial charge in [0.15, 0.2) is 0 Å². The molecule has 3 aromatic heterocycles. The Morgan fingerprint density at radius 3 is 2.69 bits per heavy atom. The van der Waals surface area contributed by atoms with Gasteiger partial charge in [0.25, 0.3) is 5.56 Å². The Morgan fingerprint density at radius 2 is 2.00 bits per heavy atom. The van der Waals surface area contributed by atoms with Gasteiger partial charge in [0.2, 0.25) is 0 Å². The van der Waals surface area contributed by atoms with Gasteiger partial charge in [-0.15, -0.1) is 5.10 Å². The molecule has 192 valence electrons. The number of carbonyl (C=O) groups is 1. The fraction of sp³-hybridized carbons (Fsp3) is 0.519. The van der Waals surface area contributed by atoms with E-state index in [0.29, 0.717) is 18.7 Å². The van der Waals surface area contributed by atoms with Crippen molar-refractivity contribution in [3.63, 3.8) is 0 Å². The Balaban J connectivity index is 1.62. The summed E-state index contributed by atoms with van der Waals surface area (Å²) in [6, 6.07) is 7.53. The minimum atomic E-state index is -0.706. The van der Waals surface area contributed by atoms with Crippen molar-refractivity contribution in [3.8, 4) is 11.4 Å². The third-order valence-electron chi connectivity index (χ3n) is 7.27. The number of aryl methyl sites for hydroxylation is 3. The highest BCUT2D eigenvalue weighted by atomic mass is 16.4. The molecule has 1 aliphatic heterocycles. The van der Waals surface area contributed by atoms with E-state index in [1.54, 1.807) is 15.3 Å². The van der Waals surface area contributed by atoms with E-state index in [-0.39, 0.29) is 17.4 Å². The minimum Gasteiger partial charge on any atom is -0.481 e. The molecule has 1 aliphatic rings. The van der Waals surface area contributed by atoms with Gasteiger partial charge in [-0.05, 0) is 49.3 Å². The van der Waals surface area contributed by atoms with E-state index < -0.39 is 5.97 Å². The van der Waals surface area contributed by atoms with Crippen molar-refractivity contribution in [3.05, 3.63) is 57.8 Å². The van der Waals surface area contributed by atoms with E-state index in [9.17, 15) is 14.7 Å². The Labute approximate surface area is 211 Å². The van der Waals surface area contributed by atoms with Crippen LogP contribution in [0.15, 0.2) is 35.3 Å². The lowest BCUT2D eigenvalue weighted by atomic mass is 9.89. The van der Waals surface area contributed by atoms with Gasteiger partial charge in [-0.1, -0.05) is 38.5 Å². The average Bonchev–Trinajstić information content (AvgIpc) is 3.48. The Hall–Kier alpha value is -3.49. The molecule has 4 rings (SSSR count). The van der Waals surface area contributed by atoms with Crippen molar-refractivity contribution < 1.29 is 9.90 Å². The van der Waals surface area contributed by atoms with Crippen LogP contribution in [-0.2, 0) is 31.2 Å². The number of carboxylic acid groups (broad SMARTS) is 1. The zero-order valence-corrected chi connectivity index (χ0v) is 21.6. The molecule has 0 aliphatic carbocycles. The predicted molar refractivity (Wildman–Crippen MR) is 139 cm³/mol. The Morgan fingerprint density at radius 1 is 1.19 bits per heavy atom. The van der Waals surface area contributed by atoms with Gasteiger partial charge in [-0.25, -0.2) is 9.67 Å². The maximum Gasteiger partial charge on any atom is 0.306 e. The zero-order valence-electron chi connectivity index (χ0n) is 21.6. The summed E-state index contributed by atoms with van der Waals surface area (Å²) < 4.78 is 3.41. The molecule has 2 unspecified atom stereocenters. The van der Waals surface area contributed by atoms with Gasteiger partial charge >= 0.3 is 5.97 Å². The summed E-state index contributed by atoms with van der Waals surface area (Å²) >= 11 is 0. The van der Waals surface area contributed by atoms with E-state index in [0.717, 1.165) is 67.1 Å². The monoisotopic (exact) mass is 492 g/mol. The van der Waals surface area contributed by atoms with Gasteiger partial charge in [0.05, 0.1) is 35.2 Å². The molecule has 1 fully saturated rings. The summed E-state index contributed by atoms with van der Waals surface area (Å²) in [5.74, 6) is -0.873. The zero-order chi connectivity index (χ0) is 25.8. The summed E-state index contributed by atoms with van der Waals surface area (Å²) in [6.45, 7) is 8.06. The summed E-state index contributed by atoms with van der Waals surface area (Å²) in [7, 11) is 1.83. The number of hydrogen-bond acceptors (Lipinski definition) is 6. The highest BCUT2D eigenvalue weighted by Gasteiger charge is 2.33. The summed E-state index contributed by atoms with van der Waals surface area (Å²) in [4.78, 5) is 31.4. The summed E-state index contributed by atoms with van der Waals surface area (Å²) in [5.41, 5.74) is 5.29. The maximum absolute atomic E-state index is 12.5. The number of aliphatic carboxylic acids is 1. The third-order valence-corrected chi connectivity index (χ3v) is 7.27. The van der Waals surface area contributed by atoms with Crippen LogP contribution >= 0.6 is 0 Å². The molecule has 1 saturated heterocycles. The number of hydrogen-bond donors (Lipinski definition) is 1. The van der Waals surface area contributed by atoms with Crippen LogP contribution in [0.25, 0.3) is 11.4 Å². The molecule has 0 saturated carbocycles. The maximum atomic E-state index is 12.5. The minimum absolute atomic E-state index is 0.0603. The summed E-state index contributed by atoms with van der Waals surface area (Å²) in [6.07, 6.45) is 6.11. The topological polar surface area (TPSA) is 106 Å². The highest BCUT2D eigenvalue weighted by molar-refractivity contribution is 5.71. The van der Waals surface area contributed by atoms with Crippen LogP contribution in [0.2, 0.25) is 0 Å².